The summed E-state index contributed by atoms with van der Waals surface area (Å²) in [7, 11) is 0. The number of carbonyl (C=O) groups excluding carboxylic acids is 1. The van der Waals surface area contributed by atoms with Gasteiger partial charge < -0.3 is 10.4 Å². The molecular weight excluding hydrogens is 323 g/mol. The highest BCUT2D eigenvalue weighted by atomic mass is 19.4. The third kappa shape index (κ3) is 4.43. The van der Waals surface area contributed by atoms with Gasteiger partial charge in [0.15, 0.2) is 5.69 Å². The smallest absolute Gasteiger partial charge is 0.396 e. The van der Waals surface area contributed by atoms with Gasteiger partial charge in [-0.05, 0) is 46.0 Å². The maximum absolute atomic E-state index is 13.2. The number of hydrogen-bond acceptors (Lipinski definition) is 4. The van der Waals surface area contributed by atoms with Crippen LogP contribution in [0.1, 0.15) is 49.0 Å². The van der Waals surface area contributed by atoms with Crippen molar-refractivity contribution in [3.05, 3.63) is 22.8 Å². The van der Waals surface area contributed by atoms with E-state index in [-0.39, 0.29) is 36.4 Å². The molecule has 1 aliphatic carbocycles. The molecule has 134 valence electrons. The van der Waals surface area contributed by atoms with Gasteiger partial charge in [0.05, 0.1) is 0 Å². The van der Waals surface area contributed by atoms with Crippen LogP contribution in [0, 0.1) is 12.8 Å². The van der Waals surface area contributed by atoms with Gasteiger partial charge >= 0.3 is 6.18 Å². The Morgan fingerprint density at radius 1 is 1.42 bits per heavy atom. The Bertz CT molecular complexity index is 605. The first kappa shape index (κ1) is 18.6. The molecule has 2 unspecified atom stereocenters. The fourth-order valence-electron chi connectivity index (χ4n) is 3.02. The molecule has 0 bridgehead atoms. The highest BCUT2D eigenvalue weighted by Crippen LogP contribution is 2.36. The standard InChI is InChI=1S/C16H22F3N3O2/c1-9(4-3-7-23)20-15(24)11-5-6-13-12(8-11)14(16(17,18)19)22-10(2)21-13/h9,11,23H,3-8H2,1-2H3,(H,20,24). The summed E-state index contributed by atoms with van der Waals surface area (Å²) in [5.41, 5.74) is -0.481. The van der Waals surface area contributed by atoms with Crippen molar-refractivity contribution in [1.29, 1.82) is 0 Å². The molecule has 0 aromatic carbocycles. The van der Waals surface area contributed by atoms with Crippen molar-refractivity contribution < 1.29 is 23.1 Å². The van der Waals surface area contributed by atoms with Gasteiger partial charge in [-0.3, -0.25) is 4.79 Å². The zero-order valence-electron chi connectivity index (χ0n) is 13.8. The Morgan fingerprint density at radius 2 is 2.12 bits per heavy atom. The van der Waals surface area contributed by atoms with Gasteiger partial charge in [0.2, 0.25) is 5.91 Å². The molecule has 5 nitrogen and oxygen atoms in total. The number of nitrogens with one attached hydrogen (secondary N) is 1. The zero-order valence-corrected chi connectivity index (χ0v) is 13.8. The number of aryl methyl sites for hydroxylation is 2. The molecule has 0 spiro atoms. The number of fused-ring (bicyclic) bond motifs is 1. The van der Waals surface area contributed by atoms with E-state index in [1.807, 2.05) is 6.92 Å². The second-order valence-electron chi connectivity index (χ2n) is 6.26. The van der Waals surface area contributed by atoms with Crippen LogP contribution in [0.4, 0.5) is 13.2 Å². The number of halogens is 3. The topological polar surface area (TPSA) is 75.1 Å². The highest BCUT2D eigenvalue weighted by molar-refractivity contribution is 5.79. The van der Waals surface area contributed by atoms with E-state index in [4.69, 9.17) is 5.11 Å². The number of rotatable bonds is 5. The molecule has 0 radical (unpaired) electrons. The monoisotopic (exact) mass is 345 g/mol. The molecule has 8 heteroatoms. The molecule has 1 aromatic rings. The second kappa shape index (κ2) is 7.46. The molecule has 1 aliphatic rings. The highest BCUT2D eigenvalue weighted by Gasteiger charge is 2.39. The summed E-state index contributed by atoms with van der Waals surface area (Å²) in [6.07, 6.45) is -2.54. The molecular formula is C16H22F3N3O2. The Labute approximate surface area is 138 Å². The fraction of sp³-hybridized carbons (Fsp3) is 0.688. The van der Waals surface area contributed by atoms with E-state index in [1.165, 1.54) is 6.92 Å². The van der Waals surface area contributed by atoms with E-state index in [2.05, 4.69) is 15.3 Å². The lowest BCUT2D eigenvalue weighted by Crippen LogP contribution is -2.40. The summed E-state index contributed by atoms with van der Waals surface area (Å²) >= 11 is 0. The molecule has 0 saturated carbocycles. The summed E-state index contributed by atoms with van der Waals surface area (Å²) in [6.45, 7) is 3.30. The number of aliphatic hydroxyl groups is 1. The van der Waals surface area contributed by atoms with E-state index in [1.54, 1.807) is 0 Å². The van der Waals surface area contributed by atoms with Gasteiger partial charge in [-0.1, -0.05) is 0 Å². The fourth-order valence-corrected chi connectivity index (χ4v) is 3.02. The van der Waals surface area contributed by atoms with Crippen molar-refractivity contribution in [1.82, 2.24) is 15.3 Å². The maximum atomic E-state index is 13.2. The van der Waals surface area contributed by atoms with Crippen LogP contribution in [-0.2, 0) is 23.8 Å². The third-order valence-corrected chi connectivity index (χ3v) is 4.21. The van der Waals surface area contributed by atoms with Gasteiger partial charge in [0.25, 0.3) is 0 Å². The van der Waals surface area contributed by atoms with Crippen molar-refractivity contribution in [2.24, 2.45) is 5.92 Å². The van der Waals surface area contributed by atoms with Crippen LogP contribution in [-0.4, -0.2) is 33.6 Å². The first-order valence-corrected chi connectivity index (χ1v) is 8.07. The average Bonchev–Trinajstić information content (AvgIpc) is 2.50. The third-order valence-electron chi connectivity index (χ3n) is 4.21. The van der Waals surface area contributed by atoms with Crippen LogP contribution in [0.5, 0.6) is 0 Å². The molecule has 0 aliphatic heterocycles. The SMILES string of the molecule is Cc1nc2c(c(C(F)(F)F)n1)CC(C(=O)NC(C)CCCO)CC2. The predicted octanol–water partition coefficient (Wildman–Crippen LogP) is 2.19. The lowest BCUT2D eigenvalue weighted by molar-refractivity contribution is -0.142. The molecule has 24 heavy (non-hydrogen) atoms. The minimum atomic E-state index is -4.55. The summed E-state index contributed by atoms with van der Waals surface area (Å²) in [5.74, 6) is -0.664. The van der Waals surface area contributed by atoms with Crippen LogP contribution in [0.15, 0.2) is 0 Å². The zero-order chi connectivity index (χ0) is 17.9. The van der Waals surface area contributed by atoms with E-state index in [0.29, 0.717) is 31.4 Å². The average molecular weight is 345 g/mol. The molecule has 2 rings (SSSR count). The van der Waals surface area contributed by atoms with E-state index in [9.17, 15) is 18.0 Å². The number of aromatic nitrogens is 2. The van der Waals surface area contributed by atoms with Crippen molar-refractivity contribution in [2.75, 3.05) is 6.61 Å². The number of amides is 1. The lowest BCUT2D eigenvalue weighted by atomic mass is 9.84. The number of aliphatic hydroxyl groups excluding tert-OH is 1. The van der Waals surface area contributed by atoms with Gasteiger partial charge in [-0.2, -0.15) is 13.2 Å². The van der Waals surface area contributed by atoms with E-state index >= 15 is 0 Å². The molecule has 2 N–H and O–H groups in total. The lowest BCUT2D eigenvalue weighted by Gasteiger charge is -2.27. The molecule has 0 fully saturated rings. The number of hydrogen-bond donors (Lipinski definition) is 2. The minimum Gasteiger partial charge on any atom is -0.396 e. The van der Waals surface area contributed by atoms with Crippen molar-refractivity contribution >= 4 is 5.91 Å². The number of nitrogens with zero attached hydrogens (tertiary/aromatic N) is 2. The maximum Gasteiger partial charge on any atom is 0.433 e. The van der Waals surface area contributed by atoms with Gasteiger partial charge in [-0.25, -0.2) is 9.97 Å². The quantitative estimate of drug-likeness (QED) is 0.858. The number of alkyl halides is 3. The Balaban J connectivity index is 2.15. The first-order chi connectivity index (χ1) is 11.2. The van der Waals surface area contributed by atoms with Gasteiger partial charge in [-0.15, -0.1) is 0 Å². The summed E-state index contributed by atoms with van der Waals surface area (Å²) in [6, 6.07) is -0.123. The summed E-state index contributed by atoms with van der Waals surface area (Å²) in [4.78, 5) is 20.0. The Morgan fingerprint density at radius 3 is 2.75 bits per heavy atom. The second-order valence-corrected chi connectivity index (χ2v) is 6.26. The van der Waals surface area contributed by atoms with E-state index < -0.39 is 17.8 Å². The summed E-state index contributed by atoms with van der Waals surface area (Å²) < 4.78 is 39.7. The summed E-state index contributed by atoms with van der Waals surface area (Å²) in [5, 5.41) is 11.6. The number of carbonyl (C=O) groups is 1. The van der Waals surface area contributed by atoms with Crippen LogP contribution in [0.25, 0.3) is 0 Å². The van der Waals surface area contributed by atoms with Crippen molar-refractivity contribution in [3.8, 4) is 0 Å². The molecule has 1 amide bonds. The largest absolute Gasteiger partial charge is 0.433 e. The van der Waals surface area contributed by atoms with E-state index in [0.717, 1.165) is 0 Å². The van der Waals surface area contributed by atoms with Crippen molar-refractivity contribution in [3.63, 3.8) is 0 Å². The van der Waals surface area contributed by atoms with Crippen LogP contribution < -0.4 is 5.32 Å². The normalized spacial score (nSPS) is 18.8. The van der Waals surface area contributed by atoms with Crippen molar-refractivity contribution in [2.45, 2.75) is 58.2 Å². The molecule has 0 saturated heterocycles. The molecule has 2 atom stereocenters. The Kier molecular flexibility index (Phi) is 5.79. The van der Waals surface area contributed by atoms with Crippen LogP contribution in [0.2, 0.25) is 0 Å². The molecule has 1 aromatic heterocycles. The van der Waals surface area contributed by atoms with Crippen LogP contribution >= 0.6 is 0 Å². The Hall–Kier alpha value is -1.70. The first-order valence-electron chi connectivity index (χ1n) is 8.07. The van der Waals surface area contributed by atoms with Crippen LogP contribution in [0.3, 0.4) is 0 Å². The molecule has 1 heterocycles. The predicted molar refractivity (Wildman–Crippen MR) is 81.2 cm³/mol. The van der Waals surface area contributed by atoms with Gasteiger partial charge in [0, 0.05) is 29.8 Å². The minimum absolute atomic E-state index is 0.00299. The van der Waals surface area contributed by atoms with Gasteiger partial charge in [0.1, 0.15) is 5.82 Å².